The minimum Gasteiger partial charge on any atom is -0.352 e. The SMILES string of the molecule is Cc1cc([C@H]2[C@@H](c3ccccn3)NC(=S)N2Cc2ccccc2)c(C)n1Cc1ccncc1. The zero-order valence-electron chi connectivity index (χ0n) is 18.8. The van der Waals surface area contributed by atoms with Crippen LogP contribution in [-0.4, -0.2) is 24.5 Å². The predicted octanol–water partition coefficient (Wildman–Crippen LogP) is 5.12. The molecular weight excluding hydrogens is 426 g/mol. The Labute approximate surface area is 200 Å². The van der Waals surface area contributed by atoms with E-state index in [-0.39, 0.29) is 12.1 Å². The molecule has 0 spiro atoms. The summed E-state index contributed by atoms with van der Waals surface area (Å²) in [7, 11) is 0. The van der Waals surface area contributed by atoms with Crippen molar-refractivity contribution in [1.82, 2.24) is 24.8 Å². The van der Waals surface area contributed by atoms with E-state index in [4.69, 9.17) is 12.2 Å². The second-order valence-corrected chi connectivity index (χ2v) is 8.89. The first kappa shape index (κ1) is 21.3. The Balaban J connectivity index is 1.56. The van der Waals surface area contributed by atoms with Gasteiger partial charge in [0, 0.05) is 43.1 Å². The van der Waals surface area contributed by atoms with E-state index in [0.717, 1.165) is 23.9 Å². The van der Waals surface area contributed by atoms with Crippen molar-refractivity contribution in [2.45, 2.75) is 39.0 Å². The van der Waals surface area contributed by atoms with E-state index in [1.807, 2.05) is 36.8 Å². The van der Waals surface area contributed by atoms with Gasteiger partial charge in [0.15, 0.2) is 5.11 Å². The molecule has 0 unspecified atom stereocenters. The minimum absolute atomic E-state index is 0.0164. The second-order valence-electron chi connectivity index (χ2n) is 8.51. The van der Waals surface area contributed by atoms with Gasteiger partial charge in [-0.3, -0.25) is 9.97 Å². The van der Waals surface area contributed by atoms with Gasteiger partial charge in [-0.05, 0) is 73.1 Å². The number of nitrogens with zero attached hydrogens (tertiary/aromatic N) is 4. The third kappa shape index (κ3) is 4.26. The van der Waals surface area contributed by atoms with Crippen molar-refractivity contribution in [3.63, 3.8) is 0 Å². The van der Waals surface area contributed by atoms with Gasteiger partial charge in [-0.25, -0.2) is 0 Å². The molecule has 0 amide bonds. The van der Waals surface area contributed by atoms with Crippen LogP contribution in [-0.2, 0) is 13.1 Å². The molecule has 3 aromatic heterocycles. The lowest BCUT2D eigenvalue weighted by Gasteiger charge is -2.28. The van der Waals surface area contributed by atoms with Crippen molar-refractivity contribution >= 4 is 17.3 Å². The average molecular weight is 454 g/mol. The topological polar surface area (TPSA) is 46.0 Å². The Morgan fingerprint density at radius 3 is 2.33 bits per heavy atom. The molecule has 4 aromatic rings. The molecule has 1 N–H and O–H groups in total. The van der Waals surface area contributed by atoms with Crippen LogP contribution in [0.1, 0.15) is 45.9 Å². The number of pyridine rings is 2. The van der Waals surface area contributed by atoms with Gasteiger partial charge in [0.2, 0.25) is 0 Å². The Morgan fingerprint density at radius 1 is 0.879 bits per heavy atom. The van der Waals surface area contributed by atoms with Gasteiger partial charge in [-0.2, -0.15) is 0 Å². The Morgan fingerprint density at radius 2 is 1.61 bits per heavy atom. The largest absolute Gasteiger partial charge is 0.352 e. The van der Waals surface area contributed by atoms with E-state index in [1.54, 1.807) is 0 Å². The maximum atomic E-state index is 5.85. The summed E-state index contributed by atoms with van der Waals surface area (Å²) >= 11 is 5.85. The molecule has 0 saturated carbocycles. The predicted molar refractivity (Wildman–Crippen MR) is 135 cm³/mol. The Hall–Kier alpha value is -3.51. The monoisotopic (exact) mass is 453 g/mol. The van der Waals surface area contributed by atoms with Crippen molar-refractivity contribution in [1.29, 1.82) is 0 Å². The molecule has 166 valence electrons. The van der Waals surface area contributed by atoms with Crippen LogP contribution in [0.3, 0.4) is 0 Å². The molecule has 1 aromatic carbocycles. The number of benzene rings is 1. The number of nitrogens with one attached hydrogen (secondary N) is 1. The maximum Gasteiger partial charge on any atom is 0.170 e. The van der Waals surface area contributed by atoms with Crippen molar-refractivity contribution in [3.05, 3.63) is 119 Å². The molecule has 0 radical (unpaired) electrons. The van der Waals surface area contributed by atoms with Crippen LogP contribution in [0.5, 0.6) is 0 Å². The van der Waals surface area contributed by atoms with Crippen molar-refractivity contribution in [2.75, 3.05) is 0 Å². The summed E-state index contributed by atoms with van der Waals surface area (Å²) in [4.78, 5) is 11.1. The molecule has 4 heterocycles. The molecule has 1 saturated heterocycles. The van der Waals surface area contributed by atoms with Crippen LogP contribution in [0.25, 0.3) is 0 Å². The standard InChI is InChI=1S/C27H27N5S/c1-19-16-23(20(2)31(19)17-22-11-14-28-15-12-22)26-25(24-10-6-7-13-29-24)30-27(33)32(26)18-21-8-4-3-5-9-21/h3-16,25-26H,17-18H2,1-2H3,(H,30,33)/t25-,26+/m1/s1. The fourth-order valence-corrected chi connectivity index (χ4v) is 5.04. The summed E-state index contributed by atoms with van der Waals surface area (Å²) in [5.41, 5.74) is 7.23. The smallest absolute Gasteiger partial charge is 0.170 e. The summed E-state index contributed by atoms with van der Waals surface area (Å²) in [6, 6.07) is 23.1. The van der Waals surface area contributed by atoms with Gasteiger partial charge in [0.25, 0.3) is 0 Å². The summed E-state index contributed by atoms with van der Waals surface area (Å²) < 4.78 is 2.38. The van der Waals surface area contributed by atoms with Crippen molar-refractivity contribution in [2.24, 2.45) is 0 Å². The molecule has 0 bridgehead atoms. The number of hydrogen-bond acceptors (Lipinski definition) is 3. The van der Waals surface area contributed by atoms with Gasteiger partial charge in [0.1, 0.15) is 0 Å². The molecule has 0 aliphatic carbocycles. The lowest BCUT2D eigenvalue weighted by atomic mass is 9.96. The van der Waals surface area contributed by atoms with Crippen LogP contribution < -0.4 is 5.32 Å². The molecule has 2 atom stereocenters. The molecule has 1 aliphatic rings. The molecule has 6 heteroatoms. The van der Waals surface area contributed by atoms with E-state index in [9.17, 15) is 0 Å². The van der Waals surface area contributed by atoms with E-state index >= 15 is 0 Å². The number of thiocarbonyl (C=S) groups is 1. The third-order valence-corrected chi connectivity index (χ3v) is 6.77. The molecule has 33 heavy (non-hydrogen) atoms. The zero-order chi connectivity index (χ0) is 22.8. The van der Waals surface area contributed by atoms with Crippen LogP contribution in [0.4, 0.5) is 0 Å². The number of aryl methyl sites for hydroxylation is 1. The van der Waals surface area contributed by atoms with Crippen LogP contribution >= 0.6 is 12.2 Å². The fraction of sp³-hybridized carbons (Fsp3) is 0.222. The highest BCUT2D eigenvalue weighted by Gasteiger charge is 2.41. The molecule has 1 fully saturated rings. The highest BCUT2D eigenvalue weighted by molar-refractivity contribution is 7.80. The highest BCUT2D eigenvalue weighted by atomic mass is 32.1. The first-order valence-corrected chi connectivity index (χ1v) is 11.6. The second kappa shape index (κ2) is 9.16. The fourth-order valence-electron chi connectivity index (χ4n) is 4.74. The Kier molecular flexibility index (Phi) is 5.92. The number of aromatic nitrogens is 3. The highest BCUT2D eigenvalue weighted by Crippen LogP contribution is 2.41. The summed E-state index contributed by atoms with van der Waals surface area (Å²) in [6.45, 7) is 5.95. The van der Waals surface area contributed by atoms with Gasteiger partial charge in [-0.1, -0.05) is 36.4 Å². The summed E-state index contributed by atoms with van der Waals surface area (Å²) in [5.74, 6) is 0. The van der Waals surface area contributed by atoms with Crippen LogP contribution in [0.15, 0.2) is 85.3 Å². The number of hydrogen-bond donors (Lipinski definition) is 1. The van der Waals surface area contributed by atoms with Gasteiger partial charge in [0.05, 0.1) is 17.8 Å². The Bertz CT molecular complexity index is 1240. The van der Waals surface area contributed by atoms with Crippen LogP contribution in [0.2, 0.25) is 0 Å². The van der Waals surface area contributed by atoms with E-state index in [2.05, 4.69) is 87.1 Å². The molecule has 5 nitrogen and oxygen atoms in total. The summed E-state index contributed by atoms with van der Waals surface area (Å²) in [6.07, 6.45) is 5.55. The quantitative estimate of drug-likeness (QED) is 0.411. The van der Waals surface area contributed by atoms with Crippen molar-refractivity contribution in [3.8, 4) is 0 Å². The van der Waals surface area contributed by atoms with E-state index < -0.39 is 0 Å². The van der Waals surface area contributed by atoms with E-state index in [1.165, 1.54) is 28.1 Å². The van der Waals surface area contributed by atoms with Gasteiger partial charge >= 0.3 is 0 Å². The molecule has 5 rings (SSSR count). The first-order valence-electron chi connectivity index (χ1n) is 11.2. The maximum absolute atomic E-state index is 5.85. The van der Waals surface area contributed by atoms with Gasteiger partial charge in [-0.15, -0.1) is 0 Å². The lowest BCUT2D eigenvalue weighted by molar-refractivity contribution is 0.310. The zero-order valence-corrected chi connectivity index (χ0v) is 19.7. The molecule has 1 aliphatic heterocycles. The van der Waals surface area contributed by atoms with Gasteiger partial charge < -0.3 is 14.8 Å². The summed E-state index contributed by atoms with van der Waals surface area (Å²) in [5, 5.41) is 4.33. The molecular formula is C27H27N5S. The normalized spacial score (nSPS) is 17.9. The first-order chi connectivity index (χ1) is 16.1. The average Bonchev–Trinajstić information content (AvgIpc) is 3.31. The minimum atomic E-state index is -0.0164. The van der Waals surface area contributed by atoms with Crippen molar-refractivity contribution < 1.29 is 0 Å². The number of rotatable bonds is 6. The lowest BCUT2D eigenvalue weighted by Crippen LogP contribution is -2.29. The van der Waals surface area contributed by atoms with E-state index in [0.29, 0.717) is 0 Å². The third-order valence-electron chi connectivity index (χ3n) is 6.41. The van der Waals surface area contributed by atoms with Crippen LogP contribution in [0, 0.1) is 13.8 Å².